The predicted octanol–water partition coefficient (Wildman–Crippen LogP) is 2.28. The predicted molar refractivity (Wildman–Crippen MR) is 56.4 cm³/mol. The Bertz CT molecular complexity index is 533. The van der Waals surface area contributed by atoms with Crippen molar-refractivity contribution in [1.29, 1.82) is 0 Å². The monoisotopic (exact) mass is 236 g/mol. The molecule has 88 valence electrons. The molecule has 1 aliphatic heterocycles. The van der Waals surface area contributed by atoms with Crippen LogP contribution in [0.2, 0.25) is 0 Å². The van der Waals surface area contributed by atoms with E-state index in [9.17, 15) is 8.78 Å². The van der Waals surface area contributed by atoms with E-state index in [0.29, 0.717) is 18.7 Å². The van der Waals surface area contributed by atoms with E-state index in [-0.39, 0.29) is 0 Å². The molecule has 2 heterocycles. The smallest absolute Gasteiger partial charge is 0.126 e. The molecular formula is C12H10F2N2O. The Hall–Kier alpha value is -1.75. The fourth-order valence-corrected chi connectivity index (χ4v) is 2.08. The normalized spacial score (nSPS) is 19.1. The number of ether oxygens (including phenoxy) is 1. The molecule has 1 atom stereocenters. The van der Waals surface area contributed by atoms with E-state index >= 15 is 0 Å². The number of nitrogens with zero attached hydrogens (tertiary/aromatic N) is 2. The fourth-order valence-electron chi connectivity index (χ4n) is 2.08. The molecule has 3 nitrogen and oxygen atoms in total. The van der Waals surface area contributed by atoms with E-state index in [0.717, 1.165) is 11.8 Å². The lowest BCUT2D eigenvalue weighted by atomic mass is 10.1. The van der Waals surface area contributed by atoms with Crippen molar-refractivity contribution >= 4 is 0 Å². The molecule has 0 fully saturated rings. The van der Waals surface area contributed by atoms with E-state index in [1.54, 1.807) is 12.5 Å². The molecule has 1 aliphatic rings. The standard InChI is InChI=1S/C12H10F2N2O/c13-9-3-8(4-10(14)5-9)12-11-6-15-7-16(11)1-2-17-12/h3-7,12H,1-2H2. The van der Waals surface area contributed by atoms with Gasteiger partial charge in [0.25, 0.3) is 0 Å². The van der Waals surface area contributed by atoms with Gasteiger partial charge in [0.05, 0.1) is 24.8 Å². The molecule has 2 aromatic rings. The van der Waals surface area contributed by atoms with Crippen LogP contribution in [0.15, 0.2) is 30.7 Å². The van der Waals surface area contributed by atoms with Gasteiger partial charge in [-0.3, -0.25) is 0 Å². The van der Waals surface area contributed by atoms with Gasteiger partial charge in [0.15, 0.2) is 0 Å². The first-order chi connectivity index (χ1) is 8.24. The van der Waals surface area contributed by atoms with Crippen LogP contribution in [0, 0.1) is 11.6 Å². The van der Waals surface area contributed by atoms with Gasteiger partial charge in [-0.25, -0.2) is 13.8 Å². The summed E-state index contributed by atoms with van der Waals surface area (Å²) in [6.45, 7) is 1.22. The fraction of sp³-hybridized carbons (Fsp3) is 0.250. The van der Waals surface area contributed by atoms with Gasteiger partial charge < -0.3 is 9.30 Å². The van der Waals surface area contributed by atoms with E-state index in [1.807, 2.05) is 4.57 Å². The maximum absolute atomic E-state index is 13.2. The van der Waals surface area contributed by atoms with Gasteiger partial charge in [0, 0.05) is 12.6 Å². The van der Waals surface area contributed by atoms with Crippen molar-refractivity contribution in [1.82, 2.24) is 9.55 Å². The Balaban J connectivity index is 2.06. The number of hydrogen-bond acceptors (Lipinski definition) is 2. The van der Waals surface area contributed by atoms with Crippen molar-refractivity contribution in [2.75, 3.05) is 6.61 Å². The first-order valence-corrected chi connectivity index (χ1v) is 5.31. The summed E-state index contributed by atoms with van der Waals surface area (Å²) in [5.74, 6) is -1.19. The molecular weight excluding hydrogens is 226 g/mol. The van der Waals surface area contributed by atoms with Crippen LogP contribution in [0.4, 0.5) is 8.78 Å². The van der Waals surface area contributed by atoms with Gasteiger partial charge in [0.2, 0.25) is 0 Å². The molecule has 0 amide bonds. The molecule has 0 N–H and O–H groups in total. The second-order valence-corrected chi connectivity index (χ2v) is 3.97. The summed E-state index contributed by atoms with van der Waals surface area (Å²) < 4.78 is 33.8. The van der Waals surface area contributed by atoms with Gasteiger partial charge in [-0.1, -0.05) is 0 Å². The summed E-state index contributed by atoms with van der Waals surface area (Å²) >= 11 is 0. The van der Waals surface area contributed by atoms with E-state index in [1.165, 1.54) is 12.1 Å². The largest absolute Gasteiger partial charge is 0.365 e. The lowest BCUT2D eigenvalue weighted by Gasteiger charge is -2.25. The summed E-state index contributed by atoms with van der Waals surface area (Å²) in [5.41, 5.74) is 1.30. The van der Waals surface area contributed by atoms with Crippen LogP contribution in [0.25, 0.3) is 0 Å². The Morgan fingerprint density at radius 2 is 2.00 bits per heavy atom. The van der Waals surface area contributed by atoms with Crippen LogP contribution in [-0.2, 0) is 11.3 Å². The molecule has 1 aromatic heterocycles. The first-order valence-electron chi connectivity index (χ1n) is 5.31. The zero-order valence-electron chi connectivity index (χ0n) is 8.94. The number of imidazole rings is 1. The zero-order valence-corrected chi connectivity index (χ0v) is 8.94. The van der Waals surface area contributed by atoms with Crippen LogP contribution >= 0.6 is 0 Å². The van der Waals surface area contributed by atoms with Gasteiger partial charge in [-0.2, -0.15) is 0 Å². The van der Waals surface area contributed by atoms with E-state index in [2.05, 4.69) is 4.98 Å². The van der Waals surface area contributed by atoms with Crippen LogP contribution in [0.5, 0.6) is 0 Å². The maximum atomic E-state index is 13.2. The molecule has 5 heteroatoms. The minimum Gasteiger partial charge on any atom is -0.365 e. The van der Waals surface area contributed by atoms with Crippen LogP contribution in [-0.4, -0.2) is 16.2 Å². The average Bonchev–Trinajstić information content (AvgIpc) is 2.75. The molecule has 0 aliphatic carbocycles. The Labute approximate surface area is 96.7 Å². The van der Waals surface area contributed by atoms with Crippen molar-refractivity contribution in [3.8, 4) is 0 Å². The third-order valence-corrected chi connectivity index (χ3v) is 2.82. The average molecular weight is 236 g/mol. The van der Waals surface area contributed by atoms with Crippen molar-refractivity contribution < 1.29 is 13.5 Å². The van der Waals surface area contributed by atoms with Crippen molar-refractivity contribution in [2.45, 2.75) is 12.6 Å². The highest BCUT2D eigenvalue weighted by Gasteiger charge is 2.23. The molecule has 0 saturated carbocycles. The number of hydrogen-bond donors (Lipinski definition) is 0. The van der Waals surface area contributed by atoms with Crippen molar-refractivity contribution in [2.24, 2.45) is 0 Å². The van der Waals surface area contributed by atoms with Gasteiger partial charge in [-0.05, 0) is 17.7 Å². The minimum atomic E-state index is -0.597. The lowest BCUT2D eigenvalue weighted by Crippen LogP contribution is -2.21. The quantitative estimate of drug-likeness (QED) is 0.759. The molecule has 1 aromatic carbocycles. The molecule has 3 rings (SSSR count). The first kappa shape index (κ1) is 10.4. The Morgan fingerprint density at radius 1 is 1.24 bits per heavy atom. The highest BCUT2D eigenvalue weighted by Crippen LogP contribution is 2.29. The Kier molecular flexibility index (Phi) is 2.40. The lowest BCUT2D eigenvalue weighted by molar-refractivity contribution is 0.0461. The molecule has 17 heavy (non-hydrogen) atoms. The summed E-state index contributed by atoms with van der Waals surface area (Å²) in [6, 6.07) is 3.43. The number of benzene rings is 1. The molecule has 0 spiro atoms. The van der Waals surface area contributed by atoms with Gasteiger partial charge >= 0.3 is 0 Å². The van der Waals surface area contributed by atoms with E-state index in [4.69, 9.17) is 4.74 Å². The van der Waals surface area contributed by atoms with Crippen LogP contribution in [0.1, 0.15) is 17.4 Å². The summed E-state index contributed by atoms with van der Waals surface area (Å²) in [5, 5.41) is 0. The number of rotatable bonds is 1. The number of halogens is 2. The maximum Gasteiger partial charge on any atom is 0.126 e. The zero-order chi connectivity index (χ0) is 11.8. The van der Waals surface area contributed by atoms with Crippen LogP contribution in [0.3, 0.4) is 0 Å². The summed E-state index contributed by atoms with van der Waals surface area (Å²) in [7, 11) is 0. The summed E-state index contributed by atoms with van der Waals surface area (Å²) in [4.78, 5) is 4.02. The third kappa shape index (κ3) is 1.82. The third-order valence-electron chi connectivity index (χ3n) is 2.82. The van der Waals surface area contributed by atoms with Crippen LogP contribution < -0.4 is 0 Å². The van der Waals surface area contributed by atoms with Gasteiger partial charge in [-0.15, -0.1) is 0 Å². The number of aromatic nitrogens is 2. The Morgan fingerprint density at radius 3 is 2.76 bits per heavy atom. The molecule has 0 bridgehead atoms. The topological polar surface area (TPSA) is 27.1 Å². The minimum absolute atomic E-state index is 0.448. The van der Waals surface area contributed by atoms with Crippen molar-refractivity contribution in [3.63, 3.8) is 0 Å². The second-order valence-electron chi connectivity index (χ2n) is 3.97. The molecule has 1 unspecified atom stereocenters. The SMILES string of the molecule is Fc1cc(F)cc(C2OCCn3cncc32)c1. The summed E-state index contributed by atoms with van der Waals surface area (Å²) in [6.07, 6.45) is 2.91. The highest BCUT2D eigenvalue weighted by atomic mass is 19.1. The number of fused-ring (bicyclic) bond motifs is 1. The molecule has 0 radical (unpaired) electrons. The molecule has 0 saturated heterocycles. The highest BCUT2D eigenvalue weighted by molar-refractivity contribution is 5.27. The van der Waals surface area contributed by atoms with E-state index < -0.39 is 17.7 Å². The second kappa shape index (κ2) is 3.92. The van der Waals surface area contributed by atoms with Crippen molar-refractivity contribution in [3.05, 3.63) is 53.6 Å². The van der Waals surface area contributed by atoms with Gasteiger partial charge in [0.1, 0.15) is 17.7 Å².